The minimum atomic E-state index is 0.00957. The molecule has 2 fully saturated rings. The number of amides is 2. The van der Waals surface area contributed by atoms with E-state index >= 15 is 0 Å². The van der Waals surface area contributed by atoms with E-state index in [1.807, 2.05) is 17.0 Å². The van der Waals surface area contributed by atoms with Crippen molar-refractivity contribution in [3.05, 3.63) is 34.3 Å². The van der Waals surface area contributed by atoms with Crippen LogP contribution in [0.3, 0.4) is 0 Å². The summed E-state index contributed by atoms with van der Waals surface area (Å²) in [7, 11) is 0. The standard InChI is InChI=1S/C17H21BrN2O2/c18-13-6-4-5-12(9-13)14-10-15(14)17(22)19-11-16(21)20-7-2-1-3-8-20/h4-6,9,14-15H,1-3,7-8,10-11H2,(H,19,22)/t14-,15+/m0/s1. The Morgan fingerprint density at radius 1 is 1.23 bits per heavy atom. The second-order valence-corrected chi connectivity index (χ2v) is 7.08. The van der Waals surface area contributed by atoms with Crippen LogP contribution < -0.4 is 5.32 Å². The van der Waals surface area contributed by atoms with Gasteiger partial charge >= 0.3 is 0 Å². The third-order valence-corrected chi connectivity index (χ3v) is 5.02. The Morgan fingerprint density at radius 3 is 2.73 bits per heavy atom. The highest BCUT2D eigenvalue weighted by molar-refractivity contribution is 9.10. The van der Waals surface area contributed by atoms with E-state index in [-0.39, 0.29) is 24.3 Å². The summed E-state index contributed by atoms with van der Waals surface area (Å²) in [6.07, 6.45) is 4.23. The molecule has 2 aliphatic rings. The molecule has 1 heterocycles. The van der Waals surface area contributed by atoms with Crippen LogP contribution >= 0.6 is 15.9 Å². The van der Waals surface area contributed by atoms with Crippen LogP contribution in [-0.2, 0) is 9.59 Å². The largest absolute Gasteiger partial charge is 0.347 e. The summed E-state index contributed by atoms with van der Waals surface area (Å²) in [5.74, 6) is 0.370. The third-order valence-electron chi connectivity index (χ3n) is 4.53. The molecule has 5 heteroatoms. The number of carbonyl (C=O) groups is 2. The Morgan fingerprint density at radius 2 is 2.00 bits per heavy atom. The Hall–Kier alpha value is -1.36. The summed E-state index contributed by atoms with van der Waals surface area (Å²) >= 11 is 3.46. The predicted molar refractivity (Wildman–Crippen MR) is 88.4 cm³/mol. The van der Waals surface area contributed by atoms with Crippen LogP contribution in [0.1, 0.15) is 37.2 Å². The molecule has 1 saturated carbocycles. The molecule has 2 atom stereocenters. The van der Waals surface area contributed by atoms with Crippen molar-refractivity contribution >= 4 is 27.7 Å². The molecule has 1 saturated heterocycles. The molecule has 1 aromatic rings. The highest BCUT2D eigenvalue weighted by Gasteiger charge is 2.44. The summed E-state index contributed by atoms with van der Waals surface area (Å²) in [5, 5.41) is 2.81. The topological polar surface area (TPSA) is 49.4 Å². The second kappa shape index (κ2) is 6.82. The SMILES string of the molecule is O=C(NCC(=O)N1CCCCC1)[C@@H]1C[C@H]1c1cccc(Br)c1. The van der Waals surface area contributed by atoms with E-state index in [9.17, 15) is 9.59 Å². The predicted octanol–water partition coefficient (Wildman–Crippen LogP) is 2.68. The molecule has 4 nitrogen and oxygen atoms in total. The average Bonchev–Trinajstić information content (AvgIpc) is 3.34. The second-order valence-electron chi connectivity index (χ2n) is 6.16. The van der Waals surface area contributed by atoms with Crippen LogP contribution in [-0.4, -0.2) is 36.3 Å². The lowest BCUT2D eigenvalue weighted by Crippen LogP contribution is -2.43. The highest BCUT2D eigenvalue weighted by Crippen LogP contribution is 2.47. The third kappa shape index (κ3) is 3.69. The Kier molecular flexibility index (Phi) is 4.81. The molecule has 22 heavy (non-hydrogen) atoms. The van der Waals surface area contributed by atoms with Gasteiger partial charge in [0.15, 0.2) is 0 Å². The number of halogens is 1. The average molecular weight is 365 g/mol. The number of carbonyl (C=O) groups excluding carboxylic acids is 2. The molecule has 0 radical (unpaired) electrons. The van der Waals surface area contributed by atoms with Gasteiger partial charge in [0, 0.05) is 23.5 Å². The molecule has 0 spiro atoms. The Balaban J connectivity index is 1.46. The molecule has 1 N–H and O–H groups in total. The van der Waals surface area contributed by atoms with Gasteiger partial charge in [-0.05, 0) is 49.3 Å². The first-order valence-electron chi connectivity index (χ1n) is 7.96. The Labute approximate surface area is 139 Å². The number of nitrogens with one attached hydrogen (secondary N) is 1. The molecule has 1 aliphatic heterocycles. The molecule has 3 rings (SSSR count). The van der Waals surface area contributed by atoms with Crippen LogP contribution in [0.25, 0.3) is 0 Å². The van der Waals surface area contributed by atoms with E-state index in [1.54, 1.807) is 0 Å². The number of piperidine rings is 1. The van der Waals surface area contributed by atoms with E-state index < -0.39 is 0 Å². The highest BCUT2D eigenvalue weighted by atomic mass is 79.9. The number of hydrogen-bond donors (Lipinski definition) is 1. The minimum absolute atomic E-state index is 0.00957. The van der Waals surface area contributed by atoms with Crippen molar-refractivity contribution in [1.82, 2.24) is 10.2 Å². The van der Waals surface area contributed by atoms with Gasteiger partial charge in [-0.15, -0.1) is 0 Å². The fraction of sp³-hybridized carbons (Fsp3) is 0.529. The number of likely N-dealkylation sites (tertiary alicyclic amines) is 1. The summed E-state index contributed by atoms with van der Waals surface area (Å²) in [5.41, 5.74) is 1.19. The van der Waals surface area contributed by atoms with Crippen molar-refractivity contribution in [2.75, 3.05) is 19.6 Å². The van der Waals surface area contributed by atoms with Crippen LogP contribution in [0.15, 0.2) is 28.7 Å². The number of hydrogen-bond acceptors (Lipinski definition) is 2. The van der Waals surface area contributed by atoms with E-state index in [0.717, 1.165) is 36.8 Å². The van der Waals surface area contributed by atoms with Crippen LogP contribution in [0.2, 0.25) is 0 Å². The van der Waals surface area contributed by atoms with Gasteiger partial charge in [0.25, 0.3) is 0 Å². The van der Waals surface area contributed by atoms with Crippen LogP contribution in [0, 0.1) is 5.92 Å². The summed E-state index contributed by atoms with van der Waals surface area (Å²) in [6, 6.07) is 8.10. The zero-order chi connectivity index (χ0) is 15.5. The van der Waals surface area contributed by atoms with Crippen molar-refractivity contribution in [3.63, 3.8) is 0 Å². The van der Waals surface area contributed by atoms with Gasteiger partial charge in [0.05, 0.1) is 6.54 Å². The molecule has 0 aromatic heterocycles. The van der Waals surface area contributed by atoms with Crippen molar-refractivity contribution in [2.24, 2.45) is 5.92 Å². The number of benzene rings is 1. The fourth-order valence-electron chi connectivity index (χ4n) is 3.14. The smallest absolute Gasteiger partial charge is 0.241 e. The lowest BCUT2D eigenvalue weighted by atomic mass is 10.1. The van der Waals surface area contributed by atoms with Gasteiger partial charge in [0.1, 0.15) is 0 Å². The summed E-state index contributed by atoms with van der Waals surface area (Å²) < 4.78 is 1.04. The van der Waals surface area contributed by atoms with Gasteiger partial charge in [-0.2, -0.15) is 0 Å². The number of rotatable bonds is 4. The quantitative estimate of drug-likeness (QED) is 0.892. The molecule has 1 aromatic carbocycles. The van der Waals surface area contributed by atoms with Crippen molar-refractivity contribution in [1.29, 1.82) is 0 Å². The fourth-order valence-corrected chi connectivity index (χ4v) is 3.56. The first-order chi connectivity index (χ1) is 10.6. The first kappa shape index (κ1) is 15.5. The van der Waals surface area contributed by atoms with Crippen LogP contribution in [0.4, 0.5) is 0 Å². The zero-order valence-corrected chi connectivity index (χ0v) is 14.1. The van der Waals surface area contributed by atoms with Gasteiger partial charge in [-0.1, -0.05) is 28.1 Å². The Bertz CT molecular complexity index is 570. The van der Waals surface area contributed by atoms with E-state index in [2.05, 4.69) is 33.4 Å². The molecular formula is C17H21BrN2O2. The monoisotopic (exact) mass is 364 g/mol. The molecule has 0 bridgehead atoms. The van der Waals surface area contributed by atoms with Crippen LogP contribution in [0.5, 0.6) is 0 Å². The first-order valence-corrected chi connectivity index (χ1v) is 8.75. The van der Waals surface area contributed by atoms with E-state index in [0.29, 0.717) is 5.92 Å². The summed E-state index contributed by atoms with van der Waals surface area (Å²) in [4.78, 5) is 26.1. The lowest BCUT2D eigenvalue weighted by molar-refractivity contribution is -0.133. The van der Waals surface area contributed by atoms with E-state index in [4.69, 9.17) is 0 Å². The van der Waals surface area contributed by atoms with Gasteiger partial charge < -0.3 is 10.2 Å². The zero-order valence-electron chi connectivity index (χ0n) is 12.6. The summed E-state index contributed by atoms with van der Waals surface area (Å²) in [6.45, 7) is 1.80. The molecule has 1 aliphatic carbocycles. The maximum absolute atomic E-state index is 12.2. The van der Waals surface area contributed by atoms with E-state index in [1.165, 1.54) is 12.0 Å². The minimum Gasteiger partial charge on any atom is -0.347 e. The van der Waals surface area contributed by atoms with Crippen molar-refractivity contribution in [2.45, 2.75) is 31.6 Å². The van der Waals surface area contributed by atoms with Gasteiger partial charge in [-0.25, -0.2) is 0 Å². The molecular weight excluding hydrogens is 344 g/mol. The van der Waals surface area contributed by atoms with Crippen molar-refractivity contribution < 1.29 is 9.59 Å². The number of nitrogens with zero attached hydrogens (tertiary/aromatic N) is 1. The molecule has 118 valence electrons. The maximum Gasteiger partial charge on any atom is 0.241 e. The normalized spacial score (nSPS) is 24.0. The molecule has 2 amide bonds. The van der Waals surface area contributed by atoms with Gasteiger partial charge in [0.2, 0.25) is 11.8 Å². The van der Waals surface area contributed by atoms with Gasteiger partial charge in [-0.3, -0.25) is 9.59 Å². The van der Waals surface area contributed by atoms with Crippen molar-refractivity contribution in [3.8, 4) is 0 Å². The maximum atomic E-state index is 12.2. The lowest BCUT2D eigenvalue weighted by Gasteiger charge is -2.26. The molecule has 0 unspecified atom stereocenters.